The standard InChI is InChI=1S/C32H52O2S2/c1-3-7-31(8-4-1)33-23-29(25-35-31)19-15-27(16-20-29)11-13-28(14-12-27)17-21-30(22-18-28)24-34-32(36-26-30)9-5-2-6-10-32/h1-26H2. The monoisotopic (exact) mass is 532 g/mol. The average Bonchev–Trinajstić information content (AvgIpc) is 2.94. The largest absolute Gasteiger partial charge is 0.364 e. The van der Waals surface area contributed by atoms with E-state index in [-0.39, 0.29) is 9.87 Å². The summed E-state index contributed by atoms with van der Waals surface area (Å²) in [6.07, 6.45) is 31.5. The summed E-state index contributed by atoms with van der Waals surface area (Å²) in [6.45, 7) is 2.15. The predicted octanol–water partition coefficient (Wildman–Crippen LogP) is 9.50. The number of hydrogen-bond acceptors (Lipinski definition) is 4. The van der Waals surface area contributed by atoms with Crippen LogP contribution in [0.25, 0.3) is 0 Å². The third-order valence-corrected chi connectivity index (χ3v) is 16.5. The molecule has 2 saturated heterocycles. The Morgan fingerprint density at radius 2 is 0.639 bits per heavy atom. The van der Waals surface area contributed by atoms with Crippen molar-refractivity contribution in [3.63, 3.8) is 0 Å². The van der Waals surface area contributed by atoms with Gasteiger partial charge in [-0.2, -0.15) is 0 Å². The zero-order chi connectivity index (χ0) is 24.2. The summed E-state index contributed by atoms with van der Waals surface area (Å²) in [5, 5.41) is 0. The van der Waals surface area contributed by atoms with E-state index in [1.54, 1.807) is 0 Å². The summed E-state index contributed by atoms with van der Waals surface area (Å²) in [4.78, 5) is 0.431. The lowest BCUT2D eigenvalue weighted by atomic mass is 9.52. The molecule has 0 bridgehead atoms. The van der Waals surface area contributed by atoms with E-state index in [1.165, 1.54) is 153 Å². The Hall–Kier alpha value is 0.620. The van der Waals surface area contributed by atoms with E-state index in [2.05, 4.69) is 23.5 Å². The van der Waals surface area contributed by atoms with Gasteiger partial charge in [-0.1, -0.05) is 12.8 Å². The molecule has 0 aromatic heterocycles. The second-order valence-corrected chi connectivity index (χ2v) is 17.7. The molecule has 5 saturated carbocycles. The molecule has 7 fully saturated rings. The van der Waals surface area contributed by atoms with Crippen LogP contribution in [0.15, 0.2) is 0 Å². The van der Waals surface area contributed by atoms with Crippen LogP contribution in [0.3, 0.4) is 0 Å². The minimum atomic E-state index is 0.215. The summed E-state index contributed by atoms with van der Waals surface area (Å²) in [6, 6.07) is 0. The van der Waals surface area contributed by atoms with Gasteiger partial charge in [0.25, 0.3) is 0 Å². The molecule has 6 spiro atoms. The second-order valence-electron chi connectivity index (χ2n) is 15.1. The lowest BCUT2D eigenvalue weighted by Gasteiger charge is -2.57. The Labute approximate surface area is 229 Å². The van der Waals surface area contributed by atoms with Crippen molar-refractivity contribution in [3.8, 4) is 0 Å². The summed E-state index contributed by atoms with van der Waals surface area (Å²) in [5.41, 5.74) is 2.40. The van der Waals surface area contributed by atoms with Crippen molar-refractivity contribution in [1.29, 1.82) is 0 Å². The van der Waals surface area contributed by atoms with Crippen molar-refractivity contribution >= 4 is 23.5 Å². The molecule has 0 N–H and O–H groups in total. The molecule has 204 valence electrons. The third kappa shape index (κ3) is 4.77. The van der Waals surface area contributed by atoms with E-state index < -0.39 is 0 Å². The first-order valence-electron chi connectivity index (χ1n) is 16.0. The van der Waals surface area contributed by atoms with Crippen LogP contribution in [0.1, 0.15) is 141 Å². The number of hydrogen-bond donors (Lipinski definition) is 0. The van der Waals surface area contributed by atoms with Crippen molar-refractivity contribution < 1.29 is 9.47 Å². The number of ether oxygens (including phenoxy) is 2. The van der Waals surface area contributed by atoms with Gasteiger partial charge >= 0.3 is 0 Å². The van der Waals surface area contributed by atoms with Gasteiger partial charge < -0.3 is 9.47 Å². The van der Waals surface area contributed by atoms with Crippen LogP contribution in [0.5, 0.6) is 0 Å². The van der Waals surface area contributed by atoms with E-state index in [0.29, 0.717) is 21.7 Å². The zero-order valence-corrected chi connectivity index (χ0v) is 24.7. The maximum absolute atomic E-state index is 6.71. The summed E-state index contributed by atoms with van der Waals surface area (Å²) in [7, 11) is 0. The molecule has 7 rings (SSSR count). The molecule has 5 aliphatic carbocycles. The first-order valence-corrected chi connectivity index (χ1v) is 18.0. The molecule has 0 radical (unpaired) electrons. The van der Waals surface area contributed by atoms with Crippen molar-refractivity contribution in [1.82, 2.24) is 0 Å². The fourth-order valence-electron chi connectivity index (χ4n) is 9.57. The molecule has 36 heavy (non-hydrogen) atoms. The van der Waals surface area contributed by atoms with Gasteiger partial charge in [-0.15, -0.1) is 23.5 Å². The van der Waals surface area contributed by atoms with Crippen LogP contribution < -0.4 is 0 Å². The van der Waals surface area contributed by atoms with Crippen molar-refractivity contribution in [3.05, 3.63) is 0 Å². The quantitative estimate of drug-likeness (QED) is 0.309. The van der Waals surface area contributed by atoms with Gasteiger partial charge in [0.15, 0.2) is 0 Å². The van der Waals surface area contributed by atoms with Crippen molar-refractivity contribution in [2.75, 3.05) is 24.7 Å². The topological polar surface area (TPSA) is 18.5 Å². The highest BCUT2D eigenvalue weighted by Gasteiger charge is 2.53. The Morgan fingerprint density at radius 1 is 0.333 bits per heavy atom. The number of rotatable bonds is 0. The smallest absolute Gasteiger partial charge is 0.113 e. The maximum atomic E-state index is 6.71. The Morgan fingerprint density at radius 3 is 0.917 bits per heavy atom. The molecule has 0 atom stereocenters. The SMILES string of the molecule is C1CCC2(CC1)OCC1(CCC3(CCC4(CC3)CCC3(CC4)COC4(CCCCC4)SC3)CC1)CS2. The van der Waals surface area contributed by atoms with E-state index in [9.17, 15) is 0 Å². The molecule has 0 aromatic carbocycles. The molecule has 2 aliphatic heterocycles. The fourth-order valence-corrected chi connectivity index (χ4v) is 12.9. The second kappa shape index (κ2) is 9.62. The molecule has 4 heteroatoms. The van der Waals surface area contributed by atoms with Gasteiger partial charge in [0, 0.05) is 22.3 Å². The number of thioether (sulfide) groups is 2. The van der Waals surface area contributed by atoms with E-state index in [4.69, 9.17) is 9.47 Å². The summed E-state index contributed by atoms with van der Waals surface area (Å²) in [5.74, 6) is 2.77. The molecule has 2 heterocycles. The first kappa shape index (κ1) is 25.6. The van der Waals surface area contributed by atoms with E-state index in [1.807, 2.05) is 0 Å². The van der Waals surface area contributed by atoms with Crippen molar-refractivity contribution in [2.45, 2.75) is 151 Å². The van der Waals surface area contributed by atoms with Crippen LogP contribution in [0.4, 0.5) is 0 Å². The van der Waals surface area contributed by atoms with Gasteiger partial charge in [0.2, 0.25) is 0 Å². The molecule has 7 aliphatic rings. The summed E-state index contributed by atoms with van der Waals surface area (Å²) >= 11 is 4.46. The molecular formula is C32H52O2S2. The fraction of sp³-hybridized carbons (Fsp3) is 1.00. The molecule has 0 unspecified atom stereocenters. The highest BCUT2D eigenvalue weighted by atomic mass is 32.2. The van der Waals surface area contributed by atoms with Gasteiger partial charge in [-0.25, -0.2) is 0 Å². The minimum Gasteiger partial charge on any atom is -0.364 e. The first-order chi connectivity index (χ1) is 17.5. The normalized spacial score (nSPS) is 46.7. The van der Waals surface area contributed by atoms with Crippen LogP contribution in [-0.2, 0) is 9.47 Å². The Kier molecular flexibility index (Phi) is 6.83. The molecular weight excluding hydrogens is 480 g/mol. The van der Waals surface area contributed by atoms with Crippen LogP contribution >= 0.6 is 23.5 Å². The van der Waals surface area contributed by atoms with Gasteiger partial charge in [-0.3, -0.25) is 0 Å². The van der Waals surface area contributed by atoms with Gasteiger partial charge in [0.1, 0.15) is 9.87 Å². The third-order valence-electron chi connectivity index (χ3n) is 12.9. The van der Waals surface area contributed by atoms with Crippen LogP contribution in [0.2, 0.25) is 0 Å². The molecule has 2 nitrogen and oxygen atoms in total. The predicted molar refractivity (Wildman–Crippen MR) is 154 cm³/mol. The van der Waals surface area contributed by atoms with Gasteiger partial charge in [-0.05, 0) is 139 Å². The van der Waals surface area contributed by atoms with Crippen LogP contribution in [0, 0.1) is 21.7 Å². The van der Waals surface area contributed by atoms with E-state index >= 15 is 0 Å². The lowest BCUT2D eigenvalue weighted by Crippen LogP contribution is -2.50. The van der Waals surface area contributed by atoms with E-state index in [0.717, 1.165) is 13.2 Å². The van der Waals surface area contributed by atoms with Gasteiger partial charge in [0.05, 0.1) is 13.2 Å². The highest BCUT2D eigenvalue weighted by Crippen LogP contribution is 2.63. The highest BCUT2D eigenvalue weighted by molar-refractivity contribution is 8.00. The average molecular weight is 533 g/mol. The Balaban J connectivity index is 0.891. The summed E-state index contributed by atoms with van der Waals surface area (Å²) < 4.78 is 13.4. The minimum absolute atomic E-state index is 0.215. The lowest BCUT2D eigenvalue weighted by molar-refractivity contribution is -0.0944. The molecule has 0 aromatic rings. The molecule has 0 amide bonds. The van der Waals surface area contributed by atoms with Crippen LogP contribution in [-0.4, -0.2) is 34.6 Å². The maximum Gasteiger partial charge on any atom is 0.113 e. The van der Waals surface area contributed by atoms with Crippen molar-refractivity contribution in [2.24, 2.45) is 21.7 Å². The zero-order valence-electron chi connectivity index (χ0n) is 23.0. The Bertz CT molecular complexity index is 678.